The summed E-state index contributed by atoms with van der Waals surface area (Å²) in [5, 5.41) is 2.92. The third-order valence-corrected chi connectivity index (χ3v) is 4.41. The highest BCUT2D eigenvalue weighted by molar-refractivity contribution is 5.91. The number of amides is 1. The maximum Gasteiger partial charge on any atom is 0.248 e. The molecule has 0 saturated heterocycles. The molecule has 0 unspecified atom stereocenters. The summed E-state index contributed by atoms with van der Waals surface area (Å²) in [4.78, 5) is 23.0. The Bertz CT molecular complexity index is 838. The lowest BCUT2D eigenvalue weighted by Gasteiger charge is -2.17. The molecule has 0 bridgehead atoms. The number of rotatable bonds is 8. The van der Waals surface area contributed by atoms with E-state index in [9.17, 15) is 9.59 Å². The summed E-state index contributed by atoms with van der Waals surface area (Å²) in [6.07, 6.45) is 2.60. The molecule has 2 aromatic carbocycles. The predicted molar refractivity (Wildman–Crippen MR) is 102 cm³/mol. The summed E-state index contributed by atoms with van der Waals surface area (Å²) < 4.78 is 11.1. The predicted octanol–water partition coefficient (Wildman–Crippen LogP) is 2.97. The average Bonchev–Trinajstić information content (AvgIpc) is 3.00. The van der Waals surface area contributed by atoms with Crippen molar-refractivity contribution < 1.29 is 19.1 Å². The lowest BCUT2D eigenvalue weighted by Crippen LogP contribution is -2.31. The van der Waals surface area contributed by atoms with E-state index < -0.39 is 0 Å². The summed E-state index contributed by atoms with van der Waals surface area (Å²) >= 11 is 0. The van der Waals surface area contributed by atoms with Gasteiger partial charge >= 0.3 is 0 Å². The molecule has 0 aromatic heterocycles. The number of Topliss-reactive ketones (excluding diaryl/α,β-unsaturated/α-hetero) is 1. The Hall–Kier alpha value is -3.08. The highest BCUT2D eigenvalue weighted by Crippen LogP contribution is 2.20. The summed E-state index contributed by atoms with van der Waals surface area (Å²) in [7, 11) is 1.63. The minimum atomic E-state index is -0.178. The number of nitrogens with one attached hydrogen (secondary N) is 1. The molecule has 0 saturated carbocycles. The maximum atomic E-state index is 11.8. The van der Waals surface area contributed by atoms with E-state index in [-0.39, 0.29) is 17.7 Å². The van der Waals surface area contributed by atoms with Gasteiger partial charge in [-0.3, -0.25) is 9.59 Å². The van der Waals surface area contributed by atoms with Gasteiger partial charge in [0.2, 0.25) is 5.91 Å². The van der Waals surface area contributed by atoms with Gasteiger partial charge in [0.1, 0.15) is 23.9 Å². The fraction of sp³-hybridized carbons (Fsp3) is 0.273. The second-order valence-electron chi connectivity index (χ2n) is 6.64. The van der Waals surface area contributed by atoms with E-state index in [1.807, 2.05) is 48.5 Å². The molecule has 2 aromatic rings. The van der Waals surface area contributed by atoms with Gasteiger partial charge in [-0.2, -0.15) is 0 Å². The Kier molecular flexibility index (Phi) is 5.91. The van der Waals surface area contributed by atoms with Gasteiger partial charge in [0, 0.05) is 12.5 Å². The molecule has 1 amide bonds. The lowest BCUT2D eigenvalue weighted by atomic mass is 10.1. The van der Waals surface area contributed by atoms with E-state index in [4.69, 9.17) is 9.47 Å². The first-order chi connectivity index (χ1) is 13.0. The van der Waals surface area contributed by atoms with Crippen molar-refractivity contribution in [1.82, 2.24) is 5.32 Å². The lowest BCUT2D eigenvalue weighted by molar-refractivity contribution is -0.117. The average molecular weight is 365 g/mol. The van der Waals surface area contributed by atoms with E-state index in [0.29, 0.717) is 25.2 Å². The monoisotopic (exact) mass is 365 g/mol. The Morgan fingerprint density at radius 1 is 1.00 bits per heavy atom. The zero-order valence-corrected chi connectivity index (χ0v) is 15.5. The minimum Gasteiger partial charge on any atom is -0.497 e. The highest BCUT2D eigenvalue weighted by Gasteiger charge is 2.25. The second kappa shape index (κ2) is 8.54. The van der Waals surface area contributed by atoms with Crippen molar-refractivity contribution in [2.24, 2.45) is 0 Å². The highest BCUT2D eigenvalue weighted by atomic mass is 16.5. The number of hydrogen-bond donors (Lipinski definition) is 1. The van der Waals surface area contributed by atoms with E-state index >= 15 is 0 Å². The molecule has 27 heavy (non-hydrogen) atoms. The number of carbonyl (C=O) groups is 2. The fourth-order valence-electron chi connectivity index (χ4n) is 3.01. The molecule has 0 aliphatic carbocycles. The largest absolute Gasteiger partial charge is 0.497 e. The Morgan fingerprint density at radius 3 is 2.26 bits per heavy atom. The smallest absolute Gasteiger partial charge is 0.248 e. The van der Waals surface area contributed by atoms with Crippen LogP contribution in [0.1, 0.15) is 23.6 Å². The zero-order chi connectivity index (χ0) is 19.2. The van der Waals surface area contributed by atoms with Gasteiger partial charge in [0.25, 0.3) is 0 Å². The molecular formula is C22H23NO4. The molecule has 3 rings (SSSR count). The molecule has 5 nitrogen and oxygen atoms in total. The first kappa shape index (κ1) is 18.7. The minimum absolute atomic E-state index is 0.139. The van der Waals surface area contributed by atoms with Gasteiger partial charge in [-0.1, -0.05) is 36.4 Å². The van der Waals surface area contributed by atoms with Crippen LogP contribution in [0.4, 0.5) is 0 Å². The summed E-state index contributed by atoms with van der Waals surface area (Å²) in [5.41, 5.74) is 3.07. The summed E-state index contributed by atoms with van der Waals surface area (Å²) in [6.45, 7) is 1.96. The molecule has 0 spiro atoms. The number of hydrogen-bond acceptors (Lipinski definition) is 4. The molecule has 1 aliphatic heterocycles. The van der Waals surface area contributed by atoms with Crippen molar-refractivity contribution in [3.8, 4) is 5.75 Å². The molecular weight excluding hydrogens is 342 g/mol. The topological polar surface area (TPSA) is 64.6 Å². The van der Waals surface area contributed by atoms with Gasteiger partial charge in [-0.25, -0.2) is 0 Å². The van der Waals surface area contributed by atoms with E-state index in [2.05, 4.69) is 5.32 Å². The third kappa shape index (κ3) is 5.20. The quantitative estimate of drug-likeness (QED) is 0.781. The first-order valence-corrected chi connectivity index (χ1v) is 8.88. The van der Waals surface area contributed by atoms with Gasteiger partial charge in [-0.05, 0) is 42.2 Å². The van der Waals surface area contributed by atoms with Crippen LogP contribution in [0.25, 0.3) is 0 Å². The van der Waals surface area contributed by atoms with Crippen molar-refractivity contribution in [2.75, 3.05) is 7.11 Å². The van der Waals surface area contributed by atoms with Gasteiger partial charge in [0.05, 0.1) is 13.2 Å². The molecule has 1 aliphatic rings. The van der Waals surface area contributed by atoms with Crippen molar-refractivity contribution in [1.29, 1.82) is 0 Å². The third-order valence-electron chi connectivity index (χ3n) is 4.41. The van der Waals surface area contributed by atoms with Crippen LogP contribution in [-0.2, 0) is 33.8 Å². The molecule has 5 heteroatoms. The Balaban J connectivity index is 1.59. The van der Waals surface area contributed by atoms with Gasteiger partial charge < -0.3 is 14.8 Å². The number of benzene rings is 2. The van der Waals surface area contributed by atoms with E-state index in [0.717, 1.165) is 22.4 Å². The van der Waals surface area contributed by atoms with Gasteiger partial charge in [-0.15, -0.1) is 0 Å². The summed E-state index contributed by atoms with van der Waals surface area (Å²) in [5.74, 6) is 1.44. The van der Waals surface area contributed by atoms with E-state index in [1.54, 1.807) is 14.0 Å². The SMILES string of the molecule is COc1ccc(C[C@@H]2NC(=O)C=C2OCc2ccc(CC(C)=O)cc2)cc1. The van der Waals surface area contributed by atoms with Crippen LogP contribution in [0.15, 0.2) is 60.4 Å². The van der Waals surface area contributed by atoms with Crippen LogP contribution in [0.5, 0.6) is 5.75 Å². The number of ether oxygens (including phenoxy) is 2. The van der Waals surface area contributed by atoms with Crippen molar-refractivity contribution in [3.63, 3.8) is 0 Å². The standard InChI is InChI=1S/C22H23NO4/c1-15(24)11-16-3-5-18(6-4-16)14-27-21-13-22(25)23-20(21)12-17-7-9-19(26-2)10-8-17/h3-10,13,20H,11-12,14H2,1-2H3,(H,23,25)/t20-/m0/s1. The molecule has 0 fully saturated rings. The van der Waals surface area contributed by atoms with Crippen LogP contribution >= 0.6 is 0 Å². The van der Waals surface area contributed by atoms with Crippen molar-refractivity contribution >= 4 is 11.7 Å². The molecule has 140 valence electrons. The molecule has 1 atom stereocenters. The summed E-state index contributed by atoms with van der Waals surface area (Å²) in [6, 6.07) is 15.3. The molecule has 1 heterocycles. The second-order valence-corrected chi connectivity index (χ2v) is 6.64. The van der Waals surface area contributed by atoms with Crippen LogP contribution in [0.2, 0.25) is 0 Å². The van der Waals surface area contributed by atoms with Crippen LogP contribution in [0.3, 0.4) is 0 Å². The van der Waals surface area contributed by atoms with Crippen LogP contribution in [-0.4, -0.2) is 24.8 Å². The van der Waals surface area contributed by atoms with Crippen molar-refractivity contribution in [2.45, 2.75) is 32.4 Å². The molecule has 1 N–H and O–H groups in total. The number of carbonyl (C=O) groups excluding carboxylic acids is 2. The Morgan fingerprint density at radius 2 is 1.63 bits per heavy atom. The fourth-order valence-corrected chi connectivity index (χ4v) is 3.01. The molecule has 0 radical (unpaired) electrons. The van der Waals surface area contributed by atoms with Crippen LogP contribution < -0.4 is 10.1 Å². The zero-order valence-electron chi connectivity index (χ0n) is 15.5. The maximum absolute atomic E-state index is 11.8. The van der Waals surface area contributed by atoms with Gasteiger partial charge in [0.15, 0.2) is 0 Å². The number of methoxy groups -OCH3 is 1. The number of ketones is 1. The normalized spacial score (nSPS) is 15.9. The van der Waals surface area contributed by atoms with Crippen molar-refractivity contribution in [3.05, 3.63) is 77.1 Å². The Labute approximate surface area is 159 Å². The van der Waals surface area contributed by atoms with Crippen LogP contribution in [0, 0.1) is 0 Å². The van der Waals surface area contributed by atoms with E-state index in [1.165, 1.54) is 6.08 Å². The first-order valence-electron chi connectivity index (χ1n) is 8.88.